The fraction of sp³-hybridized carbons (Fsp3) is 0.857. The van der Waals surface area contributed by atoms with E-state index in [-0.39, 0.29) is 24.1 Å². The molecule has 3 fully saturated rings. The van der Waals surface area contributed by atoms with Crippen LogP contribution in [0.25, 0.3) is 0 Å². The molecule has 0 radical (unpaired) electrons. The molecular formula is C7H8O3. The molecule has 4 atom stereocenters. The van der Waals surface area contributed by atoms with Crippen LogP contribution in [-0.4, -0.2) is 24.3 Å². The van der Waals surface area contributed by atoms with E-state index in [9.17, 15) is 4.79 Å². The van der Waals surface area contributed by atoms with Crippen LogP contribution >= 0.6 is 0 Å². The van der Waals surface area contributed by atoms with Gasteiger partial charge in [0.25, 0.3) is 0 Å². The maximum atomic E-state index is 10.9. The SMILES string of the molecule is O=C1O[C@H]2C[C@@H]1C[C@@H]1O[C@H]21. The van der Waals surface area contributed by atoms with Gasteiger partial charge in [-0.25, -0.2) is 0 Å². The van der Waals surface area contributed by atoms with E-state index in [0.29, 0.717) is 6.10 Å². The second-order valence-electron chi connectivity index (χ2n) is 3.28. The quantitative estimate of drug-likeness (QED) is 0.353. The fourth-order valence-electron chi connectivity index (χ4n) is 2.02. The van der Waals surface area contributed by atoms with Gasteiger partial charge in [0.2, 0.25) is 0 Å². The summed E-state index contributed by atoms with van der Waals surface area (Å²) in [5, 5.41) is 0. The largest absolute Gasteiger partial charge is 0.459 e. The van der Waals surface area contributed by atoms with Gasteiger partial charge >= 0.3 is 5.97 Å². The lowest BCUT2D eigenvalue weighted by Gasteiger charge is -2.07. The summed E-state index contributed by atoms with van der Waals surface area (Å²) in [6.45, 7) is 0. The highest BCUT2D eigenvalue weighted by Gasteiger charge is 2.57. The van der Waals surface area contributed by atoms with Crippen molar-refractivity contribution < 1.29 is 14.3 Å². The molecule has 10 heavy (non-hydrogen) atoms. The summed E-state index contributed by atoms with van der Waals surface area (Å²) in [5.41, 5.74) is 0. The summed E-state index contributed by atoms with van der Waals surface area (Å²) < 4.78 is 10.4. The average Bonchev–Trinajstić information content (AvgIpc) is 2.59. The smallest absolute Gasteiger partial charge is 0.309 e. The van der Waals surface area contributed by atoms with Gasteiger partial charge in [0.05, 0.1) is 12.0 Å². The summed E-state index contributed by atoms with van der Waals surface area (Å²) in [6, 6.07) is 0. The number of carbonyl (C=O) groups excluding carboxylic acids is 1. The molecule has 1 saturated carbocycles. The van der Waals surface area contributed by atoms with Crippen molar-refractivity contribution in [1.82, 2.24) is 0 Å². The van der Waals surface area contributed by atoms with E-state index in [4.69, 9.17) is 9.47 Å². The summed E-state index contributed by atoms with van der Waals surface area (Å²) in [5.74, 6) is 0.162. The lowest BCUT2D eigenvalue weighted by molar-refractivity contribution is -0.144. The minimum atomic E-state index is 0.000741. The Labute approximate surface area is 58.3 Å². The van der Waals surface area contributed by atoms with Crippen LogP contribution in [0, 0.1) is 5.92 Å². The molecule has 2 heterocycles. The maximum absolute atomic E-state index is 10.9. The first-order valence-corrected chi connectivity index (χ1v) is 3.70. The first kappa shape index (κ1) is 5.13. The number of fused-ring (bicyclic) bond motifs is 4. The lowest BCUT2D eigenvalue weighted by Crippen LogP contribution is -2.20. The van der Waals surface area contributed by atoms with Crippen LogP contribution in [0.2, 0.25) is 0 Å². The van der Waals surface area contributed by atoms with E-state index in [0.717, 1.165) is 12.8 Å². The minimum Gasteiger partial charge on any atom is -0.459 e. The van der Waals surface area contributed by atoms with Gasteiger partial charge in [-0.05, 0) is 6.42 Å². The highest BCUT2D eigenvalue weighted by Crippen LogP contribution is 2.45. The molecule has 3 heteroatoms. The molecule has 3 nitrogen and oxygen atoms in total. The van der Waals surface area contributed by atoms with E-state index in [2.05, 4.69) is 0 Å². The highest BCUT2D eigenvalue weighted by molar-refractivity contribution is 5.75. The van der Waals surface area contributed by atoms with Gasteiger partial charge in [0, 0.05) is 6.42 Å². The summed E-state index contributed by atoms with van der Waals surface area (Å²) in [6.07, 6.45) is 2.54. The summed E-state index contributed by atoms with van der Waals surface area (Å²) in [7, 11) is 0. The van der Waals surface area contributed by atoms with Crippen molar-refractivity contribution >= 4 is 5.97 Å². The third kappa shape index (κ3) is 0.475. The number of carbonyl (C=O) groups is 1. The Morgan fingerprint density at radius 1 is 1.30 bits per heavy atom. The van der Waals surface area contributed by atoms with Crippen molar-refractivity contribution in [2.75, 3.05) is 0 Å². The molecule has 0 aromatic carbocycles. The number of hydrogen-bond donors (Lipinski definition) is 0. The second kappa shape index (κ2) is 1.37. The van der Waals surface area contributed by atoms with Gasteiger partial charge in [-0.3, -0.25) is 4.79 Å². The summed E-state index contributed by atoms with van der Waals surface area (Å²) in [4.78, 5) is 10.9. The number of hydrogen-bond acceptors (Lipinski definition) is 3. The second-order valence-corrected chi connectivity index (χ2v) is 3.28. The third-order valence-electron chi connectivity index (χ3n) is 2.62. The van der Waals surface area contributed by atoms with Crippen LogP contribution in [0.3, 0.4) is 0 Å². The normalized spacial score (nSPS) is 55.8. The molecule has 0 N–H and O–H groups in total. The monoisotopic (exact) mass is 140 g/mol. The van der Waals surface area contributed by atoms with Crippen LogP contribution in [0.4, 0.5) is 0 Å². The predicted molar refractivity (Wildman–Crippen MR) is 31.3 cm³/mol. The molecule has 0 aromatic rings. The number of rotatable bonds is 0. The Morgan fingerprint density at radius 2 is 2.10 bits per heavy atom. The van der Waals surface area contributed by atoms with Crippen LogP contribution in [0.5, 0.6) is 0 Å². The Balaban J connectivity index is 1.94. The molecule has 0 aromatic heterocycles. The standard InChI is InChI=1S/C7H8O3/c8-7-3-1-4-6(9-4)5(2-3)10-7/h3-6H,1-2H2/t3-,4-,5-,6-/m0/s1. The van der Waals surface area contributed by atoms with Crippen LogP contribution < -0.4 is 0 Å². The first-order chi connectivity index (χ1) is 4.84. The van der Waals surface area contributed by atoms with Gasteiger partial charge in [-0.2, -0.15) is 0 Å². The zero-order valence-corrected chi connectivity index (χ0v) is 5.45. The van der Waals surface area contributed by atoms with Crippen molar-refractivity contribution in [1.29, 1.82) is 0 Å². The molecule has 54 valence electrons. The molecule has 2 saturated heterocycles. The molecule has 3 aliphatic rings. The molecule has 0 spiro atoms. The fourth-order valence-corrected chi connectivity index (χ4v) is 2.02. The van der Waals surface area contributed by atoms with Crippen molar-refractivity contribution in [3.8, 4) is 0 Å². The molecule has 2 bridgehead atoms. The maximum Gasteiger partial charge on any atom is 0.309 e. The Hall–Kier alpha value is -0.570. The van der Waals surface area contributed by atoms with Crippen LogP contribution in [-0.2, 0) is 14.3 Å². The van der Waals surface area contributed by atoms with Crippen LogP contribution in [0.1, 0.15) is 12.8 Å². The Kier molecular flexibility index (Phi) is 0.703. The predicted octanol–water partition coefficient (Wildman–Crippen LogP) is 0.0892. The number of epoxide rings is 1. The Bertz CT molecular complexity index is 199. The average molecular weight is 140 g/mol. The molecular weight excluding hydrogens is 132 g/mol. The Morgan fingerprint density at radius 3 is 3.00 bits per heavy atom. The third-order valence-corrected chi connectivity index (χ3v) is 2.62. The van der Waals surface area contributed by atoms with E-state index in [1.165, 1.54) is 0 Å². The van der Waals surface area contributed by atoms with E-state index in [1.54, 1.807) is 0 Å². The highest BCUT2D eigenvalue weighted by atomic mass is 16.6. The van der Waals surface area contributed by atoms with Gasteiger partial charge < -0.3 is 9.47 Å². The van der Waals surface area contributed by atoms with Crippen molar-refractivity contribution in [3.05, 3.63) is 0 Å². The summed E-state index contributed by atoms with van der Waals surface area (Å²) >= 11 is 0. The topological polar surface area (TPSA) is 38.8 Å². The molecule has 0 amide bonds. The van der Waals surface area contributed by atoms with Gasteiger partial charge in [0.15, 0.2) is 0 Å². The lowest BCUT2D eigenvalue weighted by atomic mass is 9.90. The number of ether oxygens (including phenoxy) is 2. The van der Waals surface area contributed by atoms with Crippen molar-refractivity contribution in [3.63, 3.8) is 0 Å². The number of esters is 1. The van der Waals surface area contributed by atoms with Gasteiger partial charge in [-0.1, -0.05) is 0 Å². The molecule has 0 unspecified atom stereocenters. The van der Waals surface area contributed by atoms with Crippen molar-refractivity contribution in [2.24, 2.45) is 5.92 Å². The van der Waals surface area contributed by atoms with Crippen LogP contribution in [0.15, 0.2) is 0 Å². The zero-order chi connectivity index (χ0) is 6.72. The minimum absolute atomic E-state index is 0.000741. The van der Waals surface area contributed by atoms with Gasteiger partial charge in [0.1, 0.15) is 12.2 Å². The van der Waals surface area contributed by atoms with E-state index in [1.807, 2.05) is 0 Å². The van der Waals surface area contributed by atoms with E-state index < -0.39 is 0 Å². The first-order valence-electron chi connectivity index (χ1n) is 3.70. The van der Waals surface area contributed by atoms with Gasteiger partial charge in [-0.15, -0.1) is 0 Å². The molecule has 3 rings (SSSR count). The molecule has 2 aliphatic heterocycles. The van der Waals surface area contributed by atoms with E-state index >= 15 is 0 Å². The zero-order valence-electron chi connectivity index (χ0n) is 5.45. The molecule has 1 aliphatic carbocycles. The van der Waals surface area contributed by atoms with Crippen molar-refractivity contribution in [2.45, 2.75) is 31.2 Å².